The quantitative estimate of drug-likeness (QED) is 0.892. The number of ether oxygens (including phenoxy) is 1. The summed E-state index contributed by atoms with van der Waals surface area (Å²) >= 11 is 8.90. The Kier molecular flexibility index (Phi) is 5.88. The molecule has 1 aromatic carbocycles. The van der Waals surface area contributed by atoms with Crippen LogP contribution in [0.25, 0.3) is 0 Å². The van der Waals surface area contributed by atoms with E-state index in [1.807, 2.05) is 19.2 Å². The SMILES string of the molecule is CNC(C)c1cc(Br)ccc1OCC=CCl. The van der Waals surface area contributed by atoms with Gasteiger partial charge in [0.25, 0.3) is 0 Å². The second-order valence-corrected chi connectivity index (χ2v) is 4.53. The van der Waals surface area contributed by atoms with Crippen molar-refractivity contribution < 1.29 is 4.74 Å². The number of rotatable bonds is 5. The van der Waals surface area contributed by atoms with Gasteiger partial charge in [0.1, 0.15) is 12.4 Å². The summed E-state index contributed by atoms with van der Waals surface area (Å²) in [6.45, 7) is 2.57. The van der Waals surface area contributed by atoms with E-state index in [-0.39, 0.29) is 6.04 Å². The first kappa shape index (κ1) is 13.6. The van der Waals surface area contributed by atoms with Gasteiger partial charge in [0.2, 0.25) is 0 Å². The molecule has 0 heterocycles. The van der Waals surface area contributed by atoms with Gasteiger partial charge in [-0.25, -0.2) is 0 Å². The van der Waals surface area contributed by atoms with Crippen molar-refractivity contribution in [1.82, 2.24) is 5.32 Å². The van der Waals surface area contributed by atoms with Gasteiger partial charge in [-0.15, -0.1) is 0 Å². The Hall–Kier alpha value is -0.510. The first-order chi connectivity index (χ1) is 7.69. The van der Waals surface area contributed by atoms with Crippen LogP contribution in [-0.2, 0) is 0 Å². The zero-order valence-corrected chi connectivity index (χ0v) is 11.7. The van der Waals surface area contributed by atoms with Gasteiger partial charge < -0.3 is 10.1 Å². The minimum Gasteiger partial charge on any atom is -0.489 e. The first-order valence-corrected chi connectivity index (χ1v) is 6.26. The summed E-state index contributed by atoms with van der Waals surface area (Å²) in [6, 6.07) is 6.22. The van der Waals surface area contributed by atoms with Gasteiger partial charge >= 0.3 is 0 Å². The highest BCUT2D eigenvalue weighted by Gasteiger charge is 2.10. The van der Waals surface area contributed by atoms with Gasteiger partial charge in [0.15, 0.2) is 0 Å². The van der Waals surface area contributed by atoms with Crippen LogP contribution in [0.1, 0.15) is 18.5 Å². The molecule has 1 N–H and O–H groups in total. The first-order valence-electron chi connectivity index (χ1n) is 5.03. The van der Waals surface area contributed by atoms with Crippen molar-refractivity contribution in [3.05, 3.63) is 39.8 Å². The highest BCUT2D eigenvalue weighted by molar-refractivity contribution is 9.10. The van der Waals surface area contributed by atoms with Crippen LogP contribution < -0.4 is 10.1 Å². The van der Waals surface area contributed by atoms with E-state index in [2.05, 4.69) is 34.2 Å². The minimum absolute atomic E-state index is 0.243. The summed E-state index contributed by atoms with van der Waals surface area (Å²) in [5.41, 5.74) is 2.58. The monoisotopic (exact) mass is 303 g/mol. The van der Waals surface area contributed by atoms with Gasteiger partial charge in [-0.3, -0.25) is 0 Å². The second-order valence-electron chi connectivity index (χ2n) is 3.37. The molecule has 1 unspecified atom stereocenters. The smallest absolute Gasteiger partial charge is 0.124 e. The number of nitrogens with one attached hydrogen (secondary N) is 1. The molecule has 0 bridgehead atoms. The summed E-state index contributed by atoms with van der Waals surface area (Å²) in [4.78, 5) is 0. The van der Waals surface area contributed by atoms with Gasteiger partial charge in [-0.05, 0) is 38.2 Å². The summed E-state index contributed by atoms with van der Waals surface area (Å²) in [6.07, 6.45) is 1.76. The lowest BCUT2D eigenvalue weighted by Crippen LogP contribution is -2.13. The molecule has 4 heteroatoms. The Morgan fingerprint density at radius 2 is 2.31 bits per heavy atom. The van der Waals surface area contributed by atoms with Crippen LogP contribution in [0.2, 0.25) is 0 Å². The van der Waals surface area contributed by atoms with E-state index in [0.29, 0.717) is 6.61 Å². The summed E-state index contributed by atoms with van der Waals surface area (Å²) in [5.74, 6) is 0.875. The highest BCUT2D eigenvalue weighted by Crippen LogP contribution is 2.28. The topological polar surface area (TPSA) is 21.3 Å². The molecule has 0 radical (unpaired) electrons. The molecule has 88 valence electrons. The predicted octanol–water partition coefficient (Wildman–Crippen LogP) is 3.86. The third-order valence-corrected chi connectivity index (χ3v) is 2.97. The normalized spacial score (nSPS) is 13.0. The largest absolute Gasteiger partial charge is 0.489 e. The molecule has 1 atom stereocenters. The average Bonchev–Trinajstić information content (AvgIpc) is 2.30. The maximum atomic E-state index is 5.62. The average molecular weight is 305 g/mol. The molecule has 0 spiro atoms. The number of hydrogen-bond donors (Lipinski definition) is 1. The molecular weight excluding hydrogens is 289 g/mol. The molecule has 0 saturated heterocycles. The van der Waals surface area contributed by atoms with E-state index in [4.69, 9.17) is 16.3 Å². The van der Waals surface area contributed by atoms with E-state index in [1.165, 1.54) is 5.54 Å². The predicted molar refractivity (Wildman–Crippen MR) is 72.1 cm³/mol. The number of hydrogen-bond acceptors (Lipinski definition) is 2. The van der Waals surface area contributed by atoms with Crippen LogP contribution in [0.15, 0.2) is 34.3 Å². The van der Waals surface area contributed by atoms with Crippen LogP contribution in [-0.4, -0.2) is 13.7 Å². The minimum atomic E-state index is 0.243. The van der Waals surface area contributed by atoms with Gasteiger partial charge in [-0.2, -0.15) is 0 Å². The fourth-order valence-corrected chi connectivity index (χ4v) is 1.77. The Morgan fingerprint density at radius 1 is 1.56 bits per heavy atom. The Morgan fingerprint density at radius 3 is 2.94 bits per heavy atom. The van der Waals surface area contributed by atoms with E-state index >= 15 is 0 Å². The molecule has 1 aromatic rings. The van der Waals surface area contributed by atoms with Gasteiger partial charge in [-0.1, -0.05) is 27.5 Å². The van der Waals surface area contributed by atoms with Crippen LogP contribution >= 0.6 is 27.5 Å². The lowest BCUT2D eigenvalue weighted by atomic mass is 10.1. The lowest BCUT2D eigenvalue weighted by Gasteiger charge is -2.16. The van der Waals surface area contributed by atoms with E-state index in [9.17, 15) is 0 Å². The molecule has 0 saturated carbocycles. The van der Waals surface area contributed by atoms with Crippen molar-refractivity contribution in [3.8, 4) is 5.75 Å². The third-order valence-electron chi connectivity index (χ3n) is 2.30. The zero-order valence-electron chi connectivity index (χ0n) is 9.34. The zero-order chi connectivity index (χ0) is 12.0. The van der Waals surface area contributed by atoms with Crippen molar-refractivity contribution in [2.45, 2.75) is 13.0 Å². The van der Waals surface area contributed by atoms with E-state index in [1.54, 1.807) is 6.08 Å². The Balaban J connectivity index is 2.88. The van der Waals surface area contributed by atoms with E-state index < -0.39 is 0 Å². The van der Waals surface area contributed by atoms with Crippen LogP contribution in [0.4, 0.5) is 0 Å². The fourth-order valence-electron chi connectivity index (χ4n) is 1.32. The molecule has 0 aromatic heterocycles. The molecule has 0 fully saturated rings. The van der Waals surface area contributed by atoms with Gasteiger partial charge in [0, 0.05) is 21.6 Å². The second kappa shape index (κ2) is 6.94. The molecule has 0 amide bonds. The molecule has 2 nitrogen and oxygen atoms in total. The fraction of sp³-hybridized carbons (Fsp3) is 0.333. The van der Waals surface area contributed by atoms with Crippen molar-refractivity contribution in [2.75, 3.05) is 13.7 Å². The number of halogens is 2. The summed E-state index contributed by atoms with van der Waals surface area (Å²) < 4.78 is 6.67. The molecule has 0 aliphatic carbocycles. The van der Waals surface area contributed by atoms with Crippen molar-refractivity contribution >= 4 is 27.5 Å². The Labute approximate surface area is 110 Å². The highest BCUT2D eigenvalue weighted by atomic mass is 79.9. The molecule has 0 aliphatic heterocycles. The summed E-state index contributed by atoms with van der Waals surface area (Å²) in [7, 11) is 1.92. The molecular formula is C12H15BrClNO. The molecule has 16 heavy (non-hydrogen) atoms. The third kappa shape index (κ3) is 3.81. The van der Waals surface area contributed by atoms with Gasteiger partial charge in [0.05, 0.1) is 0 Å². The van der Waals surface area contributed by atoms with Crippen molar-refractivity contribution in [2.24, 2.45) is 0 Å². The van der Waals surface area contributed by atoms with Crippen molar-refractivity contribution in [3.63, 3.8) is 0 Å². The maximum Gasteiger partial charge on any atom is 0.124 e. The molecule has 0 aliphatic rings. The Bertz CT molecular complexity index is 368. The maximum absolute atomic E-state index is 5.62. The lowest BCUT2D eigenvalue weighted by molar-refractivity contribution is 0.355. The standard InChI is InChI=1S/C12H15BrClNO/c1-9(15-2)11-8-10(13)4-5-12(11)16-7-3-6-14/h3-6,8-9,15H,7H2,1-2H3. The van der Waals surface area contributed by atoms with Crippen LogP contribution in [0.5, 0.6) is 5.75 Å². The van der Waals surface area contributed by atoms with Crippen LogP contribution in [0.3, 0.4) is 0 Å². The summed E-state index contributed by atoms with van der Waals surface area (Å²) in [5, 5.41) is 3.19. The molecule has 1 rings (SSSR count). The van der Waals surface area contributed by atoms with Crippen LogP contribution in [0, 0.1) is 0 Å². The van der Waals surface area contributed by atoms with Crippen molar-refractivity contribution in [1.29, 1.82) is 0 Å². The van der Waals surface area contributed by atoms with E-state index in [0.717, 1.165) is 15.8 Å². The number of benzene rings is 1.